The standard InChI is InChI=1S/C12H18O/c1-4-12(13)8-11-6-5-9(2)10(3)7-11/h5-7,12-13H,4,8H2,1-3H3/t12-/m1/s1. The van der Waals surface area contributed by atoms with Crippen LogP contribution < -0.4 is 0 Å². The van der Waals surface area contributed by atoms with E-state index in [0.717, 1.165) is 12.8 Å². The van der Waals surface area contributed by atoms with Crippen LogP contribution in [0.4, 0.5) is 0 Å². The van der Waals surface area contributed by atoms with Crippen LogP contribution in [-0.2, 0) is 6.42 Å². The highest BCUT2D eigenvalue weighted by Crippen LogP contribution is 2.12. The Kier molecular flexibility index (Phi) is 3.49. The Hall–Kier alpha value is -0.820. The van der Waals surface area contributed by atoms with E-state index in [2.05, 4.69) is 32.0 Å². The van der Waals surface area contributed by atoms with Gasteiger partial charge in [-0.15, -0.1) is 0 Å². The van der Waals surface area contributed by atoms with Crippen molar-refractivity contribution in [2.75, 3.05) is 0 Å². The molecule has 0 aliphatic rings. The molecule has 0 radical (unpaired) electrons. The lowest BCUT2D eigenvalue weighted by atomic mass is 10.0. The Morgan fingerprint density at radius 1 is 1.23 bits per heavy atom. The number of hydrogen-bond acceptors (Lipinski definition) is 1. The van der Waals surface area contributed by atoms with Gasteiger partial charge < -0.3 is 5.11 Å². The molecule has 0 amide bonds. The lowest BCUT2D eigenvalue weighted by Gasteiger charge is -2.09. The van der Waals surface area contributed by atoms with Crippen LogP contribution in [0.2, 0.25) is 0 Å². The summed E-state index contributed by atoms with van der Waals surface area (Å²) in [6.07, 6.45) is 1.41. The van der Waals surface area contributed by atoms with Gasteiger partial charge in [0.2, 0.25) is 0 Å². The van der Waals surface area contributed by atoms with Crippen molar-refractivity contribution in [2.24, 2.45) is 0 Å². The van der Waals surface area contributed by atoms with Crippen molar-refractivity contribution in [2.45, 2.75) is 39.7 Å². The van der Waals surface area contributed by atoms with Crippen LogP contribution >= 0.6 is 0 Å². The smallest absolute Gasteiger partial charge is 0.0577 e. The molecule has 0 saturated carbocycles. The fourth-order valence-electron chi connectivity index (χ4n) is 1.35. The molecule has 1 aromatic rings. The van der Waals surface area contributed by atoms with Gasteiger partial charge in [-0.1, -0.05) is 25.1 Å². The van der Waals surface area contributed by atoms with Crippen molar-refractivity contribution < 1.29 is 5.11 Å². The zero-order valence-corrected chi connectivity index (χ0v) is 8.67. The summed E-state index contributed by atoms with van der Waals surface area (Å²) in [6.45, 7) is 6.22. The molecule has 0 aliphatic carbocycles. The molecule has 0 spiro atoms. The first kappa shape index (κ1) is 10.3. The minimum atomic E-state index is -0.192. The molecular formula is C12H18O. The summed E-state index contributed by atoms with van der Waals surface area (Å²) < 4.78 is 0. The normalized spacial score (nSPS) is 12.9. The number of aliphatic hydroxyl groups is 1. The highest BCUT2D eigenvalue weighted by Gasteiger charge is 2.03. The molecule has 1 N–H and O–H groups in total. The molecule has 1 rings (SSSR count). The van der Waals surface area contributed by atoms with E-state index in [1.807, 2.05) is 6.92 Å². The highest BCUT2D eigenvalue weighted by atomic mass is 16.3. The van der Waals surface area contributed by atoms with Crippen molar-refractivity contribution in [3.63, 3.8) is 0 Å². The molecular weight excluding hydrogens is 160 g/mol. The predicted octanol–water partition coefficient (Wildman–Crippen LogP) is 2.62. The molecule has 0 heterocycles. The maximum absolute atomic E-state index is 9.47. The Morgan fingerprint density at radius 3 is 2.46 bits per heavy atom. The van der Waals surface area contributed by atoms with Gasteiger partial charge in [0.15, 0.2) is 0 Å². The van der Waals surface area contributed by atoms with Gasteiger partial charge in [0.1, 0.15) is 0 Å². The van der Waals surface area contributed by atoms with E-state index in [9.17, 15) is 5.11 Å². The molecule has 1 aromatic carbocycles. The van der Waals surface area contributed by atoms with Crippen LogP contribution in [0.5, 0.6) is 0 Å². The molecule has 72 valence electrons. The maximum atomic E-state index is 9.47. The van der Waals surface area contributed by atoms with Crippen molar-refractivity contribution in [1.82, 2.24) is 0 Å². The Balaban J connectivity index is 2.73. The van der Waals surface area contributed by atoms with Gasteiger partial charge in [-0.3, -0.25) is 0 Å². The minimum absolute atomic E-state index is 0.192. The minimum Gasteiger partial charge on any atom is -0.393 e. The van der Waals surface area contributed by atoms with Gasteiger partial charge in [-0.05, 0) is 43.4 Å². The van der Waals surface area contributed by atoms with Gasteiger partial charge in [-0.2, -0.15) is 0 Å². The summed E-state index contributed by atoms with van der Waals surface area (Å²) in [7, 11) is 0. The Morgan fingerprint density at radius 2 is 1.92 bits per heavy atom. The summed E-state index contributed by atoms with van der Waals surface area (Å²) in [5, 5.41) is 9.47. The summed E-state index contributed by atoms with van der Waals surface area (Å²) in [5.41, 5.74) is 3.85. The summed E-state index contributed by atoms with van der Waals surface area (Å²) in [4.78, 5) is 0. The molecule has 1 atom stereocenters. The van der Waals surface area contributed by atoms with Crippen molar-refractivity contribution >= 4 is 0 Å². The number of aryl methyl sites for hydroxylation is 2. The molecule has 13 heavy (non-hydrogen) atoms. The van der Waals surface area contributed by atoms with E-state index in [-0.39, 0.29) is 6.10 Å². The summed E-state index contributed by atoms with van der Waals surface area (Å²) in [6, 6.07) is 6.38. The quantitative estimate of drug-likeness (QED) is 0.754. The second-order valence-electron chi connectivity index (χ2n) is 3.68. The van der Waals surface area contributed by atoms with Gasteiger partial charge in [0.05, 0.1) is 6.10 Å². The topological polar surface area (TPSA) is 20.2 Å². The SMILES string of the molecule is CC[C@@H](O)Cc1ccc(C)c(C)c1. The van der Waals surface area contributed by atoms with Crippen molar-refractivity contribution in [3.05, 3.63) is 34.9 Å². The van der Waals surface area contributed by atoms with Crippen LogP contribution in [-0.4, -0.2) is 11.2 Å². The summed E-state index contributed by atoms with van der Waals surface area (Å²) in [5.74, 6) is 0. The molecule has 0 unspecified atom stereocenters. The number of rotatable bonds is 3. The molecule has 0 bridgehead atoms. The van der Waals surface area contributed by atoms with Crippen molar-refractivity contribution in [3.8, 4) is 0 Å². The monoisotopic (exact) mass is 178 g/mol. The van der Waals surface area contributed by atoms with Crippen LogP contribution in [0.1, 0.15) is 30.0 Å². The van der Waals surface area contributed by atoms with Gasteiger partial charge in [0, 0.05) is 0 Å². The number of aliphatic hydroxyl groups excluding tert-OH is 1. The average molecular weight is 178 g/mol. The number of hydrogen-bond donors (Lipinski definition) is 1. The van der Waals surface area contributed by atoms with E-state index >= 15 is 0 Å². The molecule has 1 nitrogen and oxygen atoms in total. The van der Waals surface area contributed by atoms with Gasteiger partial charge in [-0.25, -0.2) is 0 Å². The molecule has 1 heteroatoms. The van der Waals surface area contributed by atoms with E-state index in [1.165, 1.54) is 16.7 Å². The molecule has 0 fully saturated rings. The largest absolute Gasteiger partial charge is 0.393 e. The van der Waals surface area contributed by atoms with Crippen LogP contribution in [0.25, 0.3) is 0 Å². The second-order valence-corrected chi connectivity index (χ2v) is 3.68. The third-order valence-corrected chi connectivity index (χ3v) is 2.51. The number of benzene rings is 1. The third kappa shape index (κ3) is 2.85. The second kappa shape index (κ2) is 4.43. The summed E-state index contributed by atoms with van der Waals surface area (Å²) >= 11 is 0. The maximum Gasteiger partial charge on any atom is 0.0577 e. The van der Waals surface area contributed by atoms with Gasteiger partial charge in [0.25, 0.3) is 0 Å². The zero-order valence-electron chi connectivity index (χ0n) is 8.67. The third-order valence-electron chi connectivity index (χ3n) is 2.51. The van der Waals surface area contributed by atoms with E-state index in [0.29, 0.717) is 0 Å². The first-order chi connectivity index (χ1) is 6.13. The van der Waals surface area contributed by atoms with E-state index in [4.69, 9.17) is 0 Å². The molecule has 0 aliphatic heterocycles. The first-order valence-electron chi connectivity index (χ1n) is 4.87. The first-order valence-corrected chi connectivity index (χ1v) is 4.87. The van der Waals surface area contributed by atoms with Crippen LogP contribution in [0, 0.1) is 13.8 Å². The van der Waals surface area contributed by atoms with E-state index in [1.54, 1.807) is 0 Å². The van der Waals surface area contributed by atoms with Crippen LogP contribution in [0.3, 0.4) is 0 Å². The Bertz CT molecular complexity index is 278. The predicted molar refractivity (Wildman–Crippen MR) is 55.9 cm³/mol. The molecule has 0 saturated heterocycles. The lowest BCUT2D eigenvalue weighted by molar-refractivity contribution is 0.171. The van der Waals surface area contributed by atoms with Gasteiger partial charge >= 0.3 is 0 Å². The zero-order chi connectivity index (χ0) is 9.84. The lowest BCUT2D eigenvalue weighted by Crippen LogP contribution is -2.08. The fraction of sp³-hybridized carbons (Fsp3) is 0.500. The Labute approximate surface area is 80.4 Å². The van der Waals surface area contributed by atoms with E-state index < -0.39 is 0 Å². The van der Waals surface area contributed by atoms with Crippen LogP contribution in [0.15, 0.2) is 18.2 Å². The average Bonchev–Trinajstić information content (AvgIpc) is 2.11. The van der Waals surface area contributed by atoms with Crippen molar-refractivity contribution in [1.29, 1.82) is 0 Å². The highest BCUT2D eigenvalue weighted by molar-refractivity contribution is 5.30. The fourth-order valence-corrected chi connectivity index (χ4v) is 1.35. The molecule has 0 aromatic heterocycles.